The Kier molecular flexibility index (Phi) is 11.3. The molecule has 1 saturated heterocycles. The number of halogens is 1. The molecule has 32 heavy (non-hydrogen) atoms. The number of anilines is 1. The van der Waals surface area contributed by atoms with Crippen LogP contribution in [0.1, 0.15) is 63.9 Å². The first-order valence-corrected chi connectivity index (χ1v) is 11.7. The number of amides is 2. The van der Waals surface area contributed by atoms with E-state index in [0.29, 0.717) is 18.9 Å². The summed E-state index contributed by atoms with van der Waals surface area (Å²) in [6.07, 6.45) is 8.08. The van der Waals surface area contributed by atoms with Gasteiger partial charge in [0.1, 0.15) is 0 Å². The van der Waals surface area contributed by atoms with Crippen molar-refractivity contribution in [3.8, 4) is 0 Å². The largest absolute Gasteiger partial charge is 0.352 e. The van der Waals surface area contributed by atoms with E-state index in [2.05, 4.69) is 20.9 Å². The van der Waals surface area contributed by atoms with Crippen LogP contribution in [0.4, 0.5) is 5.69 Å². The third-order valence-corrected chi connectivity index (χ3v) is 6.19. The Labute approximate surface area is 209 Å². The van der Waals surface area contributed by atoms with Gasteiger partial charge in [-0.1, -0.05) is 38.3 Å². The zero-order chi connectivity index (χ0) is 22.1. The van der Waals surface area contributed by atoms with Crippen LogP contribution in [0.15, 0.2) is 29.3 Å². The fraction of sp³-hybridized carbons (Fsp3) is 0.625. The van der Waals surface area contributed by atoms with Gasteiger partial charge in [-0.25, -0.2) is 0 Å². The van der Waals surface area contributed by atoms with Gasteiger partial charge in [0.2, 0.25) is 11.8 Å². The number of hydrogen-bond donors (Lipinski definition) is 3. The minimum atomic E-state index is 0. The quantitative estimate of drug-likeness (QED) is 0.271. The van der Waals surface area contributed by atoms with Crippen molar-refractivity contribution in [2.24, 2.45) is 10.9 Å². The molecule has 1 aliphatic heterocycles. The molecule has 1 unspecified atom stereocenters. The van der Waals surface area contributed by atoms with E-state index in [1.165, 1.54) is 19.3 Å². The van der Waals surface area contributed by atoms with Gasteiger partial charge in [0, 0.05) is 50.7 Å². The molecular weight excluding hydrogens is 517 g/mol. The van der Waals surface area contributed by atoms with Gasteiger partial charge >= 0.3 is 0 Å². The lowest BCUT2D eigenvalue weighted by molar-refractivity contribution is -0.135. The number of rotatable bonds is 7. The Bertz CT molecular complexity index is 762. The van der Waals surface area contributed by atoms with Crippen molar-refractivity contribution in [1.29, 1.82) is 0 Å². The molecule has 7 nitrogen and oxygen atoms in total. The second-order valence-electron chi connectivity index (χ2n) is 8.67. The maximum Gasteiger partial charge on any atom is 0.225 e. The molecule has 1 saturated carbocycles. The Hall–Kier alpha value is -1.84. The predicted octanol–water partition coefficient (Wildman–Crippen LogP) is 3.89. The summed E-state index contributed by atoms with van der Waals surface area (Å²) in [5.74, 6) is 1.38. The molecule has 1 heterocycles. The molecule has 0 spiro atoms. The number of nitrogens with one attached hydrogen (secondary N) is 3. The number of nitrogens with zero attached hydrogens (tertiary/aromatic N) is 2. The van der Waals surface area contributed by atoms with Crippen LogP contribution >= 0.6 is 24.0 Å². The Morgan fingerprint density at radius 1 is 1.09 bits per heavy atom. The lowest BCUT2D eigenvalue weighted by Gasteiger charge is -2.26. The lowest BCUT2D eigenvalue weighted by atomic mass is 9.88. The van der Waals surface area contributed by atoms with Crippen molar-refractivity contribution in [2.45, 2.75) is 70.9 Å². The highest BCUT2D eigenvalue weighted by molar-refractivity contribution is 14.0. The molecular formula is C24H38IN5O2. The molecule has 3 N–H and O–H groups in total. The molecule has 1 aromatic rings. The molecule has 178 valence electrons. The highest BCUT2D eigenvalue weighted by atomic mass is 127. The van der Waals surface area contributed by atoms with Crippen molar-refractivity contribution in [3.05, 3.63) is 29.8 Å². The maximum absolute atomic E-state index is 12.8. The average Bonchev–Trinajstić information content (AvgIpc) is 3.26. The van der Waals surface area contributed by atoms with Crippen LogP contribution in [0.2, 0.25) is 0 Å². The topological polar surface area (TPSA) is 85.8 Å². The molecule has 0 bridgehead atoms. The first kappa shape index (κ1) is 26.4. The van der Waals surface area contributed by atoms with Crippen molar-refractivity contribution in [2.75, 3.05) is 25.5 Å². The number of carbonyl (C=O) groups excluding carboxylic acids is 2. The summed E-state index contributed by atoms with van der Waals surface area (Å²) < 4.78 is 0. The summed E-state index contributed by atoms with van der Waals surface area (Å²) in [5.41, 5.74) is 1.93. The van der Waals surface area contributed by atoms with E-state index in [-0.39, 0.29) is 41.8 Å². The number of aliphatic imine (C=N–C) groups is 1. The molecule has 0 radical (unpaired) electrons. The molecule has 2 fully saturated rings. The van der Waals surface area contributed by atoms with E-state index in [4.69, 9.17) is 0 Å². The van der Waals surface area contributed by atoms with E-state index < -0.39 is 0 Å². The Balaban J connectivity index is 0.00000363. The second kappa shape index (κ2) is 13.6. The second-order valence-corrected chi connectivity index (χ2v) is 8.67. The summed E-state index contributed by atoms with van der Waals surface area (Å²) in [6, 6.07) is 8.08. The number of likely N-dealkylation sites (tertiary alicyclic amines) is 1. The monoisotopic (exact) mass is 555 g/mol. The minimum absolute atomic E-state index is 0. The van der Waals surface area contributed by atoms with E-state index in [9.17, 15) is 9.59 Å². The molecule has 3 rings (SSSR count). The zero-order valence-electron chi connectivity index (χ0n) is 19.4. The van der Waals surface area contributed by atoms with E-state index in [1.807, 2.05) is 36.1 Å². The summed E-state index contributed by atoms with van der Waals surface area (Å²) in [4.78, 5) is 30.8. The number of carbonyl (C=O) groups is 2. The highest BCUT2D eigenvalue weighted by Crippen LogP contribution is 2.26. The van der Waals surface area contributed by atoms with Crippen molar-refractivity contribution in [1.82, 2.24) is 15.5 Å². The maximum atomic E-state index is 12.8. The third-order valence-electron chi connectivity index (χ3n) is 6.19. The highest BCUT2D eigenvalue weighted by Gasteiger charge is 2.31. The molecule has 2 amide bonds. The van der Waals surface area contributed by atoms with Crippen molar-refractivity contribution in [3.63, 3.8) is 0 Å². The van der Waals surface area contributed by atoms with Gasteiger partial charge in [-0.2, -0.15) is 0 Å². The normalized spacial score (nSPS) is 19.2. The fourth-order valence-corrected chi connectivity index (χ4v) is 4.42. The van der Waals surface area contributed by atoms with Gasteiger partial charge in [-0.15, -0.1) is 24.0 Å². The third kappa shape index (κ3) is 7.94. The van der Waals surface area contributed by atoms with E-state index >= 15 is 0 Å². The molecule has 1 aliphatic carbocycles. The predicted molar refractivity (Wildman–Crippen MR) is 140 cm³/mol. The standard InChI is InChI=1S/C24H37N5O2.HI/c1-3-7-22(30)27-20-12-10-18(11-13-20)16-26-24(25-2)28-21-14-15-29(17-21)23(31)19-8-5-4-6-9-19;/h10-13,19,21H,3-9,14-17H2,1-2H3,(H,27,30)(H2,25,26,28);1H. The van der Waals surface area contributed by atoms with Gasteiger partial charge in [0.15, 0.2) is 5.96 Å². The summed E-state index contributed by atoms with van der Waals surface area (Å²) >= 11 is 0. The van der Waals surface area contributed by atoms with Gasteiger partial charge in [-0.05, 0) is 43.4 Å². The Morgan fingerprint density at radius 2 is 1.81 bits per heavy atom. The zero-order valence-corrected chi connectivity index (χ0v) is 21.7. The van der Waals surface area contributed by atoms with Gasteiger partial charge in [0.05, 0.1) is 0 Å². The van der Waals surface area contributed by atoms with Crippen molar-refractivity contribution < 1.29 is 9.59 Å². The first-order valence-electron chi connectivity index (χ1n) is 11.7. The minimum Gasteiger partial charge on any atom is -0.352 e. The van der Waals surface area contributed by atoms with Crippen LogP contribution in [0.3, 0.4) is 0 Å². The SMILES string of the molecule is CCCC(=O)Nc1ccc(CNC(=NC)NC2CCN(C(=O)C3CCCCC3)C2)cc1.I. The number of hydrogen-bond acceptors (Lipinski definition) is 3. The number of benzene rings is 1. The van der Waals surface area contributed by atoms with Crippen LogP contribution in [-0.4, -0.2) is 48.9 Å². The smallest absolute Gasteiger partial charge is 0.225 e. The first-order chi connectivity index (χ1) is 15.1. The number of guanidine groups is 1. The average molecular weight is 556 g/mol. The Morgan fingerprint density at radius 3 is 2.47 bits per heavy atom. The van der Waals surface area contributed by atoms with Crippen LogP contribution < -0.4 is 16.0 Å². The van der Waals surface area contributed by atoms with E-state index in [1.54, 1.807) is 7.05 Å². The summed E-state index contributed by atoms with van der Waals surface area (Å²) in [7, 11) is 1.77. The fourth-order valence-electron chi connectivity index (χ4n) is 4.42. The molecule has 1 aromatic carbocycles. The van der Waals surface area contributed by atoms with E-state index in [0.717, 1.165) is 56.0 Å². The summed E-state index contributed by atoms with van der Waals surface area (Å²) in [6.45, 7) is 4.21. The van der Waals surface area contributed by atoms with Crippen LogP contribution in [0.25, 0.3) is 0 Å². The molecule has 8 heteroatoms. The molecule has 0 aromatic heterocycles. The van der Waals surface area contributed by atoms with Crippen LogP contribution in [0.5, 0.6) is 0 Å². The van der Waals surface area contributed by atoms with Gasteiger partial charge in [0.25, 0.3) is 0 Å². The molecule has 2 aliphatic rings. The van der Waals surface area contributed by atoms with Gasteiger partial charge < -0.3 is 20.9 Å². The summed E-state index contributed by atoms with van der Waals surface area (Å²) in [5, 5.41) is 9.72. The van der Waals surface area contributed by atoms with Crippen LogP contribution in [-0.2, 0) is 16.1 Å². The van der Waals surface area contributed by atoms with Crippen LogP contribution in [0, 0.1) is 5.92 Å². The lowest BCUT2D eigenvalue weighted by Crippen LogP contribution is -2.45. The van der Waals surface area contributed by atoms with Crippen molar-refractivity contribution >= 4 is 47.4 Å². The molecule has 1 atom stereocenters. The van der Waals surface area contributed by atoms with Gasteiger partial charge in [-0.3, -0.25) is 14.6 Å².